The van der Waals surface area contributed by atoms with Crippen LogP contribution in [0.3, 0.4) is 0 Å². The summed E-state index contributed by atoms with van der Waals surface area (Å²) < 4.78 is 26.5. The number of nitrogens with one attached hydrogen (secondary N) is 1. The van der Waals surface area contributed by atoms with Gasteiger partial charge in [-0.25, -0.2) is 0 Å². The van der Waals surface area contributed by atoms with Gasteiger partial charge in [-0.3, -0.25) is 4.79 Å². The lowest BCUT2D eigenvalue weighted by Crippen LogP contribution is -2.24. The minimum absolute atomic E-state index is 0.261. The molecule has 0 heterocycles. The van der Waals surface area contributed by atoms with Crippen LogP contribution in [0.25, 0.3) is 0 Å². The number of benzene rings is 2. The van der Waals surface area contributed by atoms with E-state index in [1.54, 1.807) is 32.4 Å². The standard InChI is InChI=1S/C19H23NO6/c1-22-14-8-6-7-12(16(14)24-3)11-20-19(21)13-9-10-15(23-2)18(26-5)17(13)25-4/h6-10H,11H2,1-5H3,(H,20,21). The average molecular weight is 361 g/mol. The van der Waals surface area contributed by atoms with Crippen molar-refractivity contribution < 1.29 is 28.5 Å². The average Bonchev–Trinajstić information content (AvgIpc) is 2.69. The monoisotopic (exact) mass is 361 g/mol. The highest BCUT2D eigenvalue weighted by Gasteiger charge is 2.21. The second-order valence-corrected chi connectivity index (χ2v) is 5.22. The highest BCUT2D eigenvalue weighted by Crippen LogP contribution is 2.39. The fourth-order valence-corrected chi connectivity index (χ4v) is 2.64. The van der Waals surface area contributed by atoms with Crippen LogP contribution in [0.5, 0.6) is 28.7 Å². The number of rotatable bonds is 8. The van der Waals surface area contributed by atoms with Crippen molar-refractivity contribution in [3.63, 3.8) is 0 Å². The first-order valence-corrected chi connectivity index (χ1v) is 7.88. The second kappa shape index (κ2) is 8.84. The van der Waals surface area contributed by atoms with Crippen molar-refractivity contribution in [3.05, 3.63) is 41.5 Å². The molecule has 0 radical (unpaired) electrons. The van der Waals surface area contributed by atoms with Crippen LogP contribution in [0.4, 0.5) is 0 Å². The molecule has 1 N–H and O–H groups in total. The molecule has 140 valence electrons. The Morgan fingerprint density at radius 2 is 1.38 bits per heavy atom. The maximum absolute atomic E-state index is 12.7. The van der Waals surface area contributed by atoms with Crippen molar-refractivity contribution in [2.45, 2.75) is 6.54 Å². The number of para-hydroxylation sites is 1. The Hall–Kier alpha value is -3.09. The third kappa shape index (κ3) is 3.77. The molecule has 0 fully saturated rings. The van der Waals surface area contributed by atoms with Crippen molar-refractivity contribution in [2.24, 2.45) is 0 Å². The molecule has 0 aliphatic heterocycles. The van der Waals surface area contributed by atoms with E-state index in [9.17, 15) is 4.79 Å². The molecule has 0 unspecified atom stereocenters. The van der Waals surface area contributed by atoms with Gasteiger partial charge in [0.15, 0.2) is 23.0 Å². The van der Waals surface area contributed by atoms with Crippen LogP contribution in [0, 0.1) is 0 Å². The zero-order valence-electron chi connectivity index (χ0n) is 15.5. The van der Waals surface area contributed by atoms with Crippen LogP contribution in [-0.4, -0.2) is 41.5 Å². The van der Waals surface area contributed by atoms with E-state index < -0.39 is 0 Å². The number of ether oxygens (including phenoxy) is 5. The lowest BCUT2D eigenvalue weighted by atomic mass is 10.1. The van der Waals surface area contributed by atoms with E-state index in [2.05, 4.69) is 5.32 Å². The Morgan fingerprint density at radius 1 is 0.769 bits per heavy atom. The SMILES string of the molecule is COc1cccc(CNC(=O)c2ccc(OC)c(OC)c2OC)c1OC. The van der Waals surface area contributed by atoms with Gasteiger partial charge in [0.25, 0.3) is 5.91 Å². The third-order valence-electron chi connectivity index (χ3n) is 3.87. The molecule has 1 amide bonds. The molecule has 7 heteroatoms. The minimum atomic E-state index is -0.312. The van der Waals surface area contributed by atoms with E-state index >= 15 is 0 Å². The fraction of sp³-hybridized carbons (Fsp3) is 0.316. The van der Waals surface area contributed by atoms with Crippen LogP contribution in [0.1, 0.15) is 15.9 Å². The third-order valence-corrected chi connectivity index (χ3v) is 3.87. The number of methoxy groups -OCH3 is 5. The maximum atomic E-state index is 12.7. The first-order chi connectivity index (χ1) is 12.6. The Balaban J connectivity index is 2.26. The molecule has 0 aliphatic rings. The van der Waals surface area contributed by atoms with Crippen molar-refractivity contribution in [3.8, 4) is 28.7 Å². The van der Waals surface area contributed by atoms with Gasteiger partial charge in [-0.1, -0.05) is 12.1 Å². The van der Waals surface area contributed by atoms with Gasteiger partial charge in [0.1, 0.15) is 0 Å². The first-order valence-electron chi connectivity index (χ1n) is 7.88. The van der Waals surface area contributed by atoms with Crippen LogP contribution >= 0.6 is 0 Å². The molecule has 0 saturated heterocycles. The summed E-state index contributed by atoms with van der Waals surface area (Å²) >= 11 is 0. The van der Waals surface area contributed by atoms with Crippen LogP contribution in [0.15, 0.2) is 30.3 Å². The van der Waals surface area contributed by atoms with Crippen LogP contribution in [-0.2, 0) is 6.54 Å². The number of amides is 1. The molecule has 7 nitrogen and oxygen atoms in total. The summed E-state index contributed by atoms with van der Waals surface area (Å²) in [6.07, 6.45) is 0. The Bertz CT molecular complexity index is 775. The van der Waals surface area contributed by atoms with Crippen molar-refractivity contribution in [1.82, 2.24) is 5.32 Å². The molecule has 26 heavy (non-hydrogen) atoms. The summed E-state index contributed by atoms with van der Waals surface area (Å²) in [5, 5.41) is 2.85. The van der Waals surface area contributed by atoms with Gasteiger partial charge >= 0.3 is 0 Å². The Kier molecular flexibility index (Phi) is 6.54. The van der Waals surface area contributed by atoms with E-state index in [1.807, 2.05) is 12.1 Å². The van der Waals surface area contributed by atoms with Gasteiger partial charge in [-0.15, -0.1) is 0 Å². The molecule has 0 aliphatic carbocycles. The summed E-state index contributed by atoms with van der Waals surface area (Å²) in [6.45, 7) is 0.261. The molecule has 2 rings (SSSR count). The topological polar surface area (TPSA) is 75.3 Å². The van der Waals surface area contributed by atoms with Gasteiger partial charge < -0.3 is 29.0 Å². The summed E-state index contributed by atoms with van der Waals surface area (Å²) in [6, 6.07) is 8.76. The summed E-state index contributed by atoms with van der Waals surface area (Å²) in [7, 11) is 7.60. The quantitative estimate of drug-likeness (QED) is 0.779. The highest BCUT2D eigenvalue weighted by atomic mass is 16.5. The molecule has 0 aromatic heterocycles. The van der Waals surface area contributed by atoms with Crippen molar-refractivity contribution in [2.75, 3.05) is 35.5 Å². The Morgan fingerprint density at radius 3 is 1.96 bits per heavy atom. The summed E-state index contributed by atoms with van der Waals surface area (Å²) in [5.41, 5.74) is 1.13. The summed E-state index contributed by atoms with van der Waals surface area (Å²) in [5.74, 6) is 2.02. The van der Waals surface area contributed by atoms with E-state index in [0.717, 1.165) is 5.56 Å². The number of carbonyl (C=O) groups excluding carboxylic acids is 1. The van der Waals surface area contributed by atoms with Crippen molar-refractivity contribution >= 4 is 5.91 Å². The van der Waals surface area contributed by atoms with Gasteiger partial charge in [-0.2, -0.15) is 0 Å². The molecule has 0 atom stereocenters. The van der Waals surface area contributed by atoms with E-state index in [1.165, 1.54) is 21.3 Å². The van der Waals surface area contributed by atoms with E-state index in [4.69, 9.17) is 23.7 Å². The van der Waals surface area contributed by atoms with Crippen LogP contribution < -0.4 is 29.0 Å². The van der Waals surface area contributed by atoms with Crippen molar-refractivity contribution in [1.29, 1.82) is 0 Å². The van der Waals surface area contributed by atoms with Crippen LogP contribution in [0.2, 0.25) is 0 Å². The number of carbonyl (C=O) groups is 1. The lowest BCUT2D eigenvalue weighted by molar-refractivity contribution is 0.0946. The predicted molar refractivity (Wildman–Crippen MR) is 96.8 cm³/mol. The summed E-state index contributed by atoms with van der Waals surface area (Å²) in [4.78, 5) is 12.7. The highest BCUT2D eigenvalue weighted by molar-refractivity contribution is 5.98. The van der Waals surface area contributed by atoms with E-state index in [-0.39, 0.29) is 12.5 Å². The molecule has 2 aromatic carbocycles. The molecule has 0 saturated carbocycles. The molecular formula is C19H23NO6. The van der Waals surface area contributed by atoms with Gasteiger partial charge in [0.2, 0.25) is 5.75 Å². The number of hydrogen-bond donors (Lipinski definition) is 1. The maximum Gasteiger partial charge on any atom is 0.255 e. The predicted octanol–water partition coefficient (Wildman–Crippen LogP) is 2.66. The zero-order chi connectivity index (χ0) is 19.1. The van der Waals surface area contributed by atoms with Gasteiger partial charge in [0, 0.05) is 12.1 Å². The number of hydrogen-bond acceptors (Lipinski definition) is 6. The van der Waals surface area contributed by atoms with Gasteiger partial charge in [0.05, 0.1) is 41.1 Å². The normalized spacial score (nSPS) is 10.0. The second-order valence-electron chi connectivity index (χ2n) is 5.22. The van der Waals surface area contributed by atoms with E-state index in [0.29, 0.717) is 34.3 Å². The molecule has 0 spiro atoms. The molecule has 0 bridgehead atoms. The largest absolute Gasteiger partial charge is 0.493 e. The first kappa shape index (κ1) is 19.2. The molecular weight excluding hydrogens is 338 g/mol. The fourth-order valence-electron chi connectivity index (χ4n) is 2.64. The Labute approximate surface area is 152 Å². The lowest BCUT2D eigenvalue weighted by Gasteiger charge is -2.16. The van der Waals surface area contributed by atoms with Gasteiger partial charge in [-0.05, 0) is 18.2 Å². The minimum Gasteiger partial charge on any atom is -0.493 e. The molecule has 2 aromatic rings. The zero-order valence-corrected chi connectivity index (χ0v) is 15.5. The smallest absolute Gasteiger partial charge is 0.255 e.